The molecule has 41 heavy (non-hydrogen) atoms. The third-order valence-corrected chi connectivity index (χ3v) is 9.64. The summed E-state index contributed by atoms with van der Waals surface area (Å²) in [5.74, 6) is -0.814. The molecule has 218 valence electrons. The lowest BCUT2D eigenvalue weighted by atomic mass is 9.82. The molecule has 1 fully saturated rings. The monoisotopic (exact) mass is 584 g/mol. The normalized spacial score (nSPS) is 20.4. The fraction of sp³-hybridized carbons (Fsp3) is 0.367. The zero-order valence-electron chi connectivity index (χ0n) is 22.9. The lowest BCUT2D eigenvalue weighted by Crippen LogP contribution is -2.39. The summed E-state index contributed by atoms with van der Waals surface area (Å²) < 4.78 is 58.1. The Morgan fingerprint density at radius 2 is 1.71 bits per heavy atom. The summed E-state index contributed by atoms with van der Waals surface area (Å²) in [7, 11) is -2.32. The van der Waals surface area contributed by atoms with Crippen LogP contribution in [0.5, 0.6) is 17.2 Å². The Morgan fingerprint density at radius 3 is 2.37 bits per heavy atom. The Bertz CT molecular complexity index is 1480. The first-order valence-corrected chi connectivity index (χ1v) is 14.9. The van der Waals surface area contributed by atoms with Crippen molar-refractivity contribution < 1.29 is 36.9 Å². The fourth-order valence-corrected chi connectivity index (χ4v) is 7.26. The Morgan fingerprint density at radius 1 is 1.02 bits per heavy atom. The molecule has 1 N–H and O–H groups in total. The van der Waals surface area contributed by atoms with Gasteiger partial charge in [-0.05, 0) is 66.1 Å². The number of rotatable bonds is 11. The first-order valence-electron chi connectivity index (χ1n) is 13.5. The average Bonchev–Trinajstić information content (AvgIpc) is 3.60. The zero-order chi connectivity index (χ0) is 29.1. The lowest BCUT2D eigenvalue weighted by Gasteiger charge is -2.30. The third kappa shape index (κ3) is 5.88. The highest BCUT2D eigenvalue weighted by Crippen LogP contribution is 2.47. The van der Waals surface area contributed by atoms with Crippen molar-refractivity contribution in [1.29, 1.82) is 0 Å². The Balaban J connectivity index is 1.48. The van der Waals surface area contributed by atoms with Crippen LogP contribution in [-0.2, 0) is 14.8 Å². The number of carboxylic acids is 1. The molecule has 5 rings (SSSR count). The van der Waals surface area contributed by atoms with Gasteiger partial charge in [-0.25, -0.2) is 12.8 Å². The van der Waals surface area contributed by atoms with Crippen molar-refractivity contribution in [1.82, 2.24) is 9.21 Å². The van der Waals surface area contributed by atoms with Crippen molar-refractivity contribution in [3.8, 4) is 17.2 Å². The molecule has 2 heterocycles. The van der Waals surface area contributed by atoms with Gasteiger partial charge in [0.15, 0.2) is 11.5 Å². The van der Waals surface area contributed by atoms with Crippen molar-refractivity contribution in [3.05, 3.63) is 83.7 Å². The van der Waals surface area contributed by atoms with Gasteiger partial charge in [0.1, 0.15) is 11.6 Å². The Hall–Kier alpha value is -3.67. The van der Waals surface area contributed by atoms with Crippen LogP contribution in [0, 0.1) is 11.7 Å². The smallest absolute Gasteiger partial charge is 0.309 e. The summed E-state index contributed by atoms with van der Waals surface area (Å²) in [6.45, 7) is 3.10. The van der Waals surface area contributed by atoms with Crippen LogP contribution in [0.15, 0.2) is 71.6 Å². The van der Waals surface area contributed by atoms with Gasteiger partial charge in [0.2, 0.25) is 16.8 Å². The van der Waals surface area contributed by atoms with E-state index >= 15 is 0 Å². The van der Waals surface area contributed by atoms with Crippen LogP contribution in [0.2, 0.25) is 0 Å². The highest BCUT2D eigenvalue weighted by Gasteiger charge is 2.47. The molecule has 2 aliphatic rings. The van der Waals surface area contributed by atoms with Gasteiger partial charge in [-0.2, -0.15) is 4.31 Å². The van der Waals surface area contributed by atoms with Crippen LogP contribution >= 0.6 is 0 Å². The summed E-state index contributed by atoms with van der Waals surface area (Å²) in [6.07, 6.45) is 0.583. The van der Waals surface area contributed by atoms with Crippen molar-refractivity contribution >= 4 is 16.0 Å². The SMILES string of the molecule is CCCN(CCN1C[C@H](c2ccc3c(c2)OCO3)[C@H](C(=O)O)[C@H]1c1ccc(OC)cc1)S(=O)(=O)c1ccc(F)cc1. The van der Waals surface area contributed by atoms with E-state index in [1.165, 1.54) is 16.4 Å². The summed E-state index contributed by atoms with van der Waals surface area (Å²) in [6, 6.07) is 17.1. The van der Waals surface area contributed by atoms with Crippen molar-refractivity contribution in [2.24, 2.45) is 5.92 Å². The summed E-state index contributed by atoms with van der Waals surface area (Å²) in [4.78, 5) is 14.9. The number of likely N-dealkylation sites (tertiary alicyclic amines) is 1. The van der Waals surface area contributed by atoms with E-state index in [4.69, 9.17) is 14.2 Å². The van der Waals surface area contributed by atoms with Crippen LogP contribution in [0.25, 0.3) is 0 Å². The van der Waals surface area contributed by atoms with E-state index in [1.807, 2.05) is 36.1 Å². The molecule has 0 saturated carbocycles. The van der Waals surface area contributed by atoms with Crippen molar-refractivity contribution in [2.75, 3.05) is 40.1 Å². The zero-order valence-corrected chi connectivity index (χ0v) is 23.7. The first-order chi connectivity index (χ1) is 19.7. The summed E-state index contributed by atoms with van der Waals surface area (Å²) in [5.41, 5.74) is 1.61. The maximum absolute atomic E-state index is 13.5. The van der Waals surface area contributed by atoms with Crippen LogP contribution in [0.4, 0.5) is 4.39 Å². The summed E-state index contributed by atoms with van der Waals surface area (Å²) in [5, 5.41) is 10.5. The molecular formula is C30H33FN2O7S. The number of nitrogens with zero attached hydrogens (tertiary/aromatic N) is 2. The average molecular weight is 585 g/mol. The highest BCUT2D eigenvalue weighted by atomic mass is 32.2. The number of benzene rings is 3. The summed E-state index contributed by atoms with van der Waals surface area (Å²) >= 11 is 0. The van der Waals surface area contributed by atoms with Gasteiger partial charge in [0.25, 0.3) is 0 Å². The Kier molecular flexibility index (Phi) is 8.48. The van der Waals surface area contributed by atoms with Crippen LogP contribution in [-0.4, -0.2) is 68.8 Å². The predicted molar refractivity (Wildman–Crippen MR) is 149 cm³/mol. The molecule has 0 radical (unpaired) electrons. The number of methoxy groups -OCH3 is 1. The van der Waals surface area contributed by atoms with Crippen LogP contribution in [0.1, 0.15) is 36.4 Å². The van der Waals surface area contributed by atoms with Gasteiger partial charge < -0.3 is 19.3 Å². The molecule has 0 unspecified atom stereocenters. The number of sulfonamides is 1. The van der Waals surface area contributed by atoms with Gasteiger partial charge in [-0.15, -0.1) is 0 Å². The van der Waals surface area contributed by atoms with Gasteiger partial charge >= 0.3 is 5.97 Å². The van der Waals surface area contributed by atoms with Gasteiger partial charge in [-0.1, -0.05) is 25.1 Å². The molecule has 3 aromatic carbocycles. The van der Waals surface area contributed by atoms with E-state index in [2.05, 4.69) is 0 Å². The number of ether oxygens (including phenoxy) is 3. The molecule has 0 aliphatic carbocycles. The fourth-order valence-electron chi connectivity index (χ4n) is 5.74. The number of hydrogen-bond donors (Lipinski definition) is 1. The van der Waals surface area contributed by atoms with E-state index in [0.29, 0.717) is 36.8 Å². The quantitative estimate of drug-likeness (QED) is 0.351. The van der Waals surface area contributed by atoms with Gasteiger partial charge in [0.05, 0.1) is 17.9 Å². The second-order valence-corrected chi connectivity index (χ2v) is 12.1. The molecular weight excluding hydrogens is 551 g/mol. The van der Waals surface area contributed by atoms with Crippen LogP contribution < -0.4 is 14.2 Å². The number of carbonyl (C=O) groups is 1. The maximum atomic E-state index is 13.5. The molecule has 3 atom stereocenters. The van der Waals surface area contributed by atoms with E-state index in [0.717, 1.165) is 23.3 Å². The molecule has 0 amide bonds. The molecule has 0 aromatic heterocycles. The Labute approximate surface area is 239 Å². The predicted octanol–water partition coefficient (Wildman–Crippen LogP) is 4.51. The topological polar surface area (TPSA) is 106 Å². The minimum Gasteiger partial charge on any atom is -0.497 e. The molecule has 0 bridgehead atoms. The molecule has 11 heteroatoms. The lowest BCUT2D eigenvalue weighted by molar-refractivity contribution is -0.143. The molecule has 0 spiro atoms. The maximum Gasteiger partial charge on any atom is 0.309 e. The second-order valence-electron chi connectivity index (χ2n) is 10.2. The van der Waals surface area contributed by atoms with Crippen molar-refractivity contribution in [3.63, 3.8) is 0 Å². The van der Waals surface area contributed by atoms with E-state index in [1.54, 1.807) is 25.3 Å². The van der Waals surface area contributed by atoms with Crippen LogP contribution in [0.3, 0.4) is 0 Å². The molecule has 2 aliphatic heterocycles. The van der Waals surface area contributed by atoms with Gasteiger partial charge in [0, 0.05) is 38.1 Å². The third-order valence-electron chi connectivity index (χ3n) is 7.73. The highest BCUT2D eigenvalue weighted by molar-refractivity contribution is 7.89. The van der Waals surface area contributed by atoms with Gasteiger partial charge in [-0.3, -0.25) is 9.69 Å². The van der Waals surface area contributed by atoms with Crippen molar-refractivity contribution in [2.45, 2.75) is 30.2 Å². The largest absolute Gasteiger partial charge is 0.497 e. The molecule has 3 aromatic rings. The molecule has 9 nitrogen and oxygen atoms in total. The number of carboxylic acid groups (broad SMARTS) is 1. The number of fused-ring (bicyclic) bond motifs is 1. The minimum atomic E-state index is -3.89. The number of hydrogen-bond acceptors (Lipinski definition) is 7. The van der Waals surface area contributed by atoms with E-state index in [9.17, 15) is 22.7 Å². The minimum absolute atomic E-state index is 0.0159. The van der Waals surface area contributed by atoms with E-state index < -0.39 is 33.8 Å². The first kappa shape index (κ1) is 28.8. The standard InChI is InChI=1S/C30H33FN2O7S/c1-3-14-33(41(36,37)24-11-7-22(31)8-12-24)16-15-32-18-25(21-6-13-26-27(17-21)40-19-39-26)28(30(34)35)29(32)20-4-9-23(38-2)10-5-20/h4-13,17,25,28-29H,3,14-16,18-19H2,1-2H3,(H,34,35)/t25-,28+,29-/m1/s1. The number of aliphatic carboxylic acids is 1. The second kappa shape index (κ2) is 12.1. The van der Waals surface area contributed by atoms with E-state index in [-0.39, 0.29) is 30.7 Å². The number of halogens is 1. The molecule has 1 saturated heterocycles.